The lowest BCUT2D eigenvalue weighted by Gasteiger charge is -2.33. The quantitative estimate of drug-likeness (QED) is 0.611. The van der Waals surface area contributed by atoms with Crippen molar-refractivity contribution < 1.29 is 14.3 Å². The van der Waals surface area contributed by atoms with E-state index < -0.39 is 5.41 Å². The van der Waals surface area contributed by atoms with E-state index >= 15 is 0 Å². The first-order valence-corrected chi connectivity index (χ1v) is 7.26. The van der Waals surface area contributed by atoms with Gasteiger partial charge in [-0.1, -0.05) is 6.42 Å². The lowest BCUT2D eigenvalue weighted by Crippen LogP contribution is -2.43. The molecule has 0 radical (unpaired) electrons. The van der Waals surface area contributed by atoms with E-state index in [1.807, 2.05) is 13.2 Å². The molecule has 1 aliphatic rings. The van der Waals surface area contributed by atoms with Crippen LogP contribution in [0.25, 0.3) is 0 Å². The molecule has 110 valence electrons. The number of rotatable bonds is 5. The number of nitrogens with zero attached hydrogens (tertiary/aromatic N) is 2. The Labute approximate surface area is 119 Å². The number of carbonyl (C=O) groups excluding carboxylic acids is 2. The number of hydrogen-bond donors (Lipinski definition) is 0. The molecule has 0 saturated heterocycles. The lowest BCUT2D eigenvalue weighted by molar-refractivity contribution is -0.162. The minimum absolute atomic E-state index is 0.0473. The van der Waals surface area contributed by atoms with E-state index in [0.717, 1.165) is 18.4 Å². The minimum atomic E-state index is -0.926. The van der Waals surface area contributed by atoms with Gasteiger partial charge in [-0.25, -0.2) is 0 Å². The van der Waals surface area contributed by atoms with Crippen molar-refractivity contribution in [1.82, 2.24) is 9.78 Å². The molecular weight excluding hydrogens is 256 g/mol. The Balaban J connectivity index is 2.13. The number of aryl methyl sites for hydroxylation is 2. The zero-order valence-corrected chi connectivity index (χ0v) is 12.2. The molecule has 2 rings (SSSR count). The molecule has 1 aliphatic carbocycles. The van der Waals surface area contributed by atoms with Gasteiger partial charge in [-0.3, -0.25) is 14.3 Å². The van der Waals surface area contributed by atoms with Crippen LogP contribution in [0.1, 0.15) is 44.6 Å². The number of hydrogen-bond acceptors (Lipinski definition) is 4. The summed E-state index contributed by atoms with van der Waals surface area (Å²) in [5.74, 6) is -0.292. The second kappa shape index (κ2) is 6.20. The van der Waals surface area contributed by atoms with E-state index in [2.05, 4.69) is 5.10 Å². The van der Waals surface area contributed by atoms with Crippen molar-refractivity contribution in [2.75, 3.05) is 6.61 Å². The Kier molecular flexibility index (Phi) is 4.57. The molecule has 0 aliphatic heterocycles. The Hall–Kier alpha value is -1.65. The topological polar surface area (TPSA) is 61.2 Å². The van der Waals surface area contributed by atoms with Gasteiger partial charge in [-0.2, -0.15) is 5.10 Å². The monoisotopic (exact) mass is 278 g/mol. The fourth-order valence-corrected chi connectivity index (χ4v) is 2.90. The Bertz CT molecular complexity index is 495. The molecule has 1 aromatic heterocycles. The molecule has 1 heterocycles. The van der Waals surface area contributed by atoms with Gasteiger partial charge in [-0.05, 0) is 38.2 Å². The van der Waals surface area contributed by atoms with Gasteiger partial charge in [0.05, 0.1) is 12.8 Å². The van der Waals surface area contributed by atoms with Crippen LogP contribution < -0.4 is 0 Å². The van der Waals surface area contributed by atoms with E-state index in [1.165, 1.54) is 0 Å². The number of esters is 1. The fourth-order valence-electron chi connectivity index (χ4n) is 2.90. The van der Waals surface area contributed by atoms with Crippen molar-refractivity contribution in [3.05, 3.63) is 18.0 Å². The molecule has 1 unspecified atom stereocenters. The lowest BCUT2D eigenvalue weighted by atomic mass is 9.69. The standard InChI is InChI=1S/C15H22N2O3/c1-3-20-14(19)15(8-5-4-6-13(15)18)9-7-12-10-16-17(2)11-12/h10-11H,3-9H2,1-2H3. The van der Waals surface area contributed by atoms with Crippen LogP contribution in [0.3, 0.4) is 0 Å². The van der Waals surface area contributed by atoms with Crippen LogP contribution in [0.4, 0.5) is 0 Å². The molecule has 0 amide bonds. The molecule has 1 aromatic rings. The van der Waals surface area contributed by atoms with Crippen LogP contribution in [0, 0.1) is 5.41 Å². The van der Waals surface area contributed by atoms with Gasteiger partial charge in [0.2, 0.25) is 0 Å². The molecule has 20 heavy (non-hydrogen) atoms. The van der Waals surface area contributed by atoms with Crippen molar-refractivity contribution in [3.63, 3.8) is 0 Å². The van der Waals surface area contributed by atoms with Gasteiger partial charge >= 0.3 is 5.97 Å². The molecule has 1 saturated carbocycles. The van der Waals surface area contributed by atoms with Crippen molar-refractivity contribution in [3.8, 4) is 0 Å². The van der Waals surface area contributed by atoms with E-state index in [-0.39, 0.29) is 11.8 Å². The first-order valence-electron chi connectivity index (χ1n) is 7.26. The van der Waals surface area contributed by atoms with Crippen LogP contribution >= 0.6 is 0 Å². The third kappa shape index (κ3) is 2.92. The first kappa shape index (κ1) is 14.8. The van der Waals surface area contributed by atoms with Crippen LogP contribution in [-0.2, 0) is 27.8 Å². The van der Waals surface area contributed by atoms with Crippen molar-refractivity contribution >= 4 is 11.8 Å². The molecule has 5 nitrogen and oxygen atoms in total. The highest BCUT2D eigenvalue weighted by atomic mass is 16.5. The normalized spacial score (nSPS) is 22.8. The molecule has 1 fully saturated rings. The number of ketones is 1. The second-order valence-corrected chi connectivity index (χ2v) is 5.46. The maximum absolute atomic E-state index is 12.3. The Morgan fingerprint density at radius 1 is 1.50 bits per heavy atom. The van der Waals surface area contributed by atoms with Gasteiger partial charge in [0.1, 0.15) is 11.2 Å². The summed E-state index contributed by atoms with van der Waals surface area (Å²) in [4.78, 5) is 24.6. The van der Waals surface area contributed by atoms with Crippen molar-refractivity contribution in [2.24, 2.45) is 12.5 Å². The summed E-state index contributed by atoms with van der Waals surface area (Å²) in [7, 11) is 1.86. The molecule has 0 N–H and O–H groups in total. The molecule has 0 spiro atoms. The summed E-state index contributed by atoms with van der Waals surface area (Å²) in [6.45, 7) is 2.10. The fraction of sp³-hybridized carbons (Fsp3) is 0.667. The third-order valence-corrected chi connectivity index (χ3v) is 4.06. The predicted octanol–water partition coefficient (Wildman–Crippen LogP) is 2.05. The molecule has 0 aromatic carbocycles. The third-order valence-electron chi connectivity index (χ3n) is 4.06. The minimum Gasteiger partial charge on any atom is -0.465 e. The summed E-state index contributed by atoms with van der Waals surface area (Å²) in [6.07, 6.45) is 7.81. The zero-order valence-electron chi connectivity index (χ0n) is 12.2. The van der Waals surface area contributed by atoms with E-state index in [0.29, 0.717) is 32.3 Å². The maximum Gasteiger partial charge on any atom is 0.319 e. The van der Waals surface area contributed by atoms with Gasteiger partial charge in [0.15, 0.2) is 0 Å². The highest BCUT2D eigenvalue weighted by molar-refractivity contribution is 6.04. The molecular formula is C15H22N2O3. The van der Waals surface area contributed by atoms with Gasteiger partial charge in [0.25, 0.3) is 0 Å². The van der Waals surface area contributed by atoms with Crippen LogP contribution in [-0.4, -0.2) is 28.1 Å². The highest BCUT2D eigenvalue weighted by Gasteiger charge is 2.47. The van der Waals surface area contributed by atoms with E-state index in [4.69, 9.17) is 4.74 Å². The zero-order chi connectivity index (χ0) is 14.6. The Morgan fingerprint density at radius 2 is 2.30 bits per heavy atom. The number of Topliss-reactive ketones (excluding diaryl/α,β-unsaturated/α-hetero) is 1. The van der Waals surface area contributed by atoms with Crippen molar-refractivity contribution in [2.45, 2.75) is 45.4 Å². The summed E-state index contributed by atoms with van der Waals surface area (Å²) in [6, 6.07) is 0. The van der Waals surface area contributed by atoms with Gasteiger partial charge in [-0.15, -0.1) is 0 Å². The molecule has 5 heteroatoms. The number of aromatic nitrogens is 2. The van der Waals surface area contributed by atoms with Crippen LogP contribution in [0.5, 0.6) is 0 Å². The van der Waals surface area contributed by atoms with Gasteiger partial charge < -0.3 is 4.74 Å². The van der Waals surface area contributed by atoms with E-state index in [1.54, 1.807) is 17.8 Å². The SMILES string of the molecule is CCOC(=O)C1(CCc2cnn(C)c2)CCCCC1=O. The number of carbonyl (C=O) groups is 2. The summed E-state index contributed by atoms with van der Waals surface area (Å²) < 4.78 is 6.90. The average molecular weight is 278 g/mol. The predicted molar refractivity (Wildman–Crippen MR) is 74.1 cm³/mol. The molecule has 0 bridgehead atoms. The average Bonchev–Trinajstić information content (AvgIpc) is 2.84. The van der Waals surface area contributed by atoms with Crippen LogP contribution in [0.15, 0.2) is 12.4 Å². The summed E-state index contributed by atoms with van der Waals surface area (Å²) in [5, 5.41) is 4.12. The maximum atomic E-state index is 12.3. The molecule has 1 atom stereocenters. The summed E-state index contributed by atoms with van der Waals surface area (Å²) in [5.41, 5.74) is 0.124. The largest absolute Gasteiger partial charge is 0.465 e. The van der Waals surface area contributed by atoms with Gasteiger partial charge in [0, 0.05) is 19.7 Å². The first-order chi connectivity index (χ1) is 9.58. The Morgan fingerprint density at radius 3 is 2.90 bits per heavy atom. The number of ether oxygens (including phenoxy) is 1. The van der Waals surface area contributed by atoms with Crippen LogP contribution in [0.2, 0.25) is 0 Å². The second-order valence-electron chi connectivity index (χ2n) is 5.46. The highest BCUT2D eigenvalue weighted by Crippen LogP contribution is 2.38. The smallest absolute Gasteiger partial charge is 0.319 e. The summed E-state index contributed by atoms with van der Waals surface area (Å²) >= 11 is 0. The van der Waals surface area contributed by atoms with Crippen molar-refractivity contribution in [1.29, 1.82) is 0 Å². The van der Waals surface area contributed by atoms with E-state index in [9.17, 15) is 9.59 Å².